The maximum atomic E-state index is 4.27. The summed E-state index contributed by atoms with van der Waals surface area (Å²) >= 11 is 0. The first-order chi connectivity index (χ1) is 5.79. The maximum Gasteiger partial charge on any atom is 0.118 e. The van der Waals surface area contributed by atoms with Gasteiger partial charge in [0.25, 0.3) is 0 Å². The van der Waals surface area contributed by atoms with Gasteiger partial charge in [-0.2, -0.15) is 5.10 Å². The minimum atomic E-state index is 0.509. The molecule has 1 heterocycles. The monoisotopic (exact) mass is 169 g/mol. The molecule has 0 spiro atoms. The zero-order chi connectivity index (χ0) is 8.97. The van der Waals surface area contributed by atoms with Crippen LogP contribution in [0.2, 0.25) is 0 Å². The van der Waals surface area contributed by atoms with Crippen molar-refractivity contribution in [3.05, 3.63) is 0 Å². The predicted octanol–water partition coefficient (Wildman–Crippen LogP) is 1.71. The second-order valence-electron chi connectivity index (χ2n) is 3.31. The third-order valence-electron chi connectivity index (χ3n) is 2.22. The summed E-state index contributed by atoms with van der Waals surface area (Å²) in [5.74, 6) is 0. The molecule has 0 fully saturated rings. The summed E-state index contributed by atoms with van der Waals surface area (Å²) in [4.78, 5) is 2.32. The molecule has 0 aliphatic carbocycles. The van der Waals surface area contributed by atoms with Gasteiger partial charge in [-0.3, -0.25) is 5.01 Å². The highest BCUT2D eigenvalue weighted by molar-refractivity contribution is 5.56. The summed E-state index contributed by atoms with van der Waals surface area (Å²) in [5, 5.41) is 6.33. The van der Waals surface area contributed by atoms with Gasteiger partial charge in [-0.15, -0.1) is 0 Å². The molecule has 0 saturated carbocycles. The van der Waals surface area contributed by atoms with Crippen LogP contribution in [0.15, 0.2) is 5.10 Å². The predicted molar refractivity (Wildman–Crippen MR) is 51.9 cm³/mol. The normalized spacial score (nSPS) is 22.4. The number of hydrazone groups is 1. The zero-order valence-corrected chi connectivity index (χ0v) is 8.32. The molecule has 3 nitrogen and oxygen atoms in total. The van der Waals surface area contributed by atoms with Crippen molar-refractivity contribution in [3.63, 3.8) is 0 Å². The van der Waals surface area contributed by atoms with Crippen LogP contribution in [0.3, 0.4) is 0 Å². The van der Waals surface area contributed by atoms with Gasteiger partial charge >= 0.3 is 0 Å². The largest absolute Gasteiger partial charge is 0.339 e. The van der Waals surface area contributed by atoms with Crippen LogP contribution in [-0.4, -0.2) is 36.0 Å². The van der Waals surface area contributed by atoms with Crippen LogP contribution in [0.5, 0.6) is 0 Å². The highest BCUT2D eigenvalue weighted by atomic mass is 15.6. The first kappa shape index (κ1) is 9.36. The van der Waals surface area contributed by atoms with Gasteiger partial charge in [-0.1, -0.05) is 20.3 Å². The van der Waals surface area contributed by atoms with Gasteiger partial charge in [0.1, 0.15) is 12.5 Å². The van der Waals surface area contributed by atoms with E-state index in [1.807, 2.05) is 13.4 Å². The van der Waals surface area contributed by atoms with Crippen LogP contribution < -0.4 is 0 Å². The Bertz CT molecular complexity index is 156. The van der Waals surface area contributed by atoms with Crippen molar-refractivity contribution >= 4 is 6.34 Å². The lowest BCUT2D eigenvalue weighted by atomic mass is 10.2. The van der Waals surface area contributed by atoms with Gasteiger partial charge in [-0.25, -0.2) is 0 Å². The Morgan fingerprint density at radius 1 is 1.33 bits per heavy atom. The Hall–Kier alpha value is -0.730. The Labute approximate surface area is 75.0 Å². The highest BCUT2D eigenvalue weighted by Crippen LogP contribution is 2.15. The fraction of sp³-hybridized carbons (Fsp3) is 0.889. The highest BCUT2D eigenvalue weighted by Gasteiger charge is 2.22. The van der Waals surface area contributed by atoms with Crippen LogP contribution in [0.25, 0.3) is 0 Å². The summed E-state index contributed by atoms with van der Waals surface area (Å²) in [6.45, 7) is 5.55. The smallest absolute Gasteiger partial charge is 0.118 e. The van der Waals surface area contributed by atoms with Crippen LogP contribution in [0.4, 0.5) is 0 Å². The molecule has 0 radical (unpaired) electrons. The lowest BCUT2D eigenvalue weighted by Gasteiger charge is -2.27. The molecule has 1 aliphatic heterocycles. The lowest BCUT2D eigenvalue weighted by Crippen LogP contribution is -2.38. The van der Waals surface area contributed by atoms with E-state index in [4.69, 9.17) is 0 Å². The van der Waals surface area contributed by atoms with Crippen molar-refractivity contribution in [2.24, 2.45) is 5.10 Å². The third kappa shape index (κ3) is 1.90. The molecular weight excluding hydrogens is 150 g/mol. The quantitative estimate of drug-likeness (QED) is 0.638. The molecule has 12 heavy (non-hydrogen) atoms. The van der Waals surface area contributed by atoms with Crippen LogP contribution in [0, 0.1) is 0 Å². The summed E-state index contributed by atoms with van der Waals surface area (Å²) in [6, 6.07) is 0. The van der Waals surface area contributed by atoms with Crippen LogP contribution in [0.1, 0.15) is 33.1 Å². The summed E-state index contributed by atoms with van der Waals surface area (Å²) in [5.41, 5.74) is 0. The molecule has 0 aromatic heterocycles. The summed E-state index contributed by atoms with van der Waals surface area (Å²) in [7, 11) is 2.05. The second-order valence-corrected chi connectivity index (χ2v) is 3.31. The van der Waals surface area contributed by atoms with Crippen molar-refractivity contribution in [1.82, 2.24) is 9.91 Å². The Morgan fingerprint density at radius 3 is 2.67 bits per heavy atom. The molecule has 1 unspecified atom stereocenters. The Kier molecular flexibility index (Phi) is 3.38. The van der Waals surface area contributed by atoms with E-state index in [0.717, 1.165) is 6.54 Å². The molecule has 0 aromatic rings. The fourth-order valence-corrected chi connectivity index (χ4v) is 1.59. The van der Waals surface area contributed by atoms with Gasteiger partial charge in [0.2, 0.25) is 0 Å². The van der Waals surface area contributed by atoms with Crippen LogP contribution in [-0.2, 0) is 0 Å². The molecule has 0 aromatic carbocycles. The van der Waals surface area contributed by atoms with Crippen LogP contribution >= 0.6 is 0 Å². The molecule has 0 bridgehead atoms. The molecule has 1 rings (SSSR count). The van der Waals surface area contributed by atoms with E-state index in [2.05, 4.69) is 28.9 Å². The Morgan fingerprint density at radius 2 is 2.08 bits per heavy atom. The third-order valence-corrected chi connectivity index (χ3v) is 2.22. The summed E-state index contributed by atoms with van der Waals surface area (Å²) < 4.78 is 0. The van der Waals surface area contributed by atoms with Crippen molar-refractivity contribution in [2.75, 3.05) is 13.6 Å². The molecule has 1 aliphatic rings. The van der Waals surface area contributed by atoms with Crippen molar-refractivity contribution in [2.45, 2.75) is 39.3 Å². The number of nitrogens with zero attached hydrogens (tertiary/aromatic N) is 3. The average molecular weight is 169 g/mol. The molecule has 3 heteroatoms. The molecule has 70 valence electrons. The van der Waals surface area contributed by atoms with Gasteiger partial charge in [0.05, 0.1) is 0 Å². The van der Waals surface area contributed by atoms with Gasteiger partial charge in [0, 0.05) is 13.6 Å². The van der Waals surface area contributed by atoms with E-state index in [1.165, 1.54) is 19.3 Å². The number of hydrogen-bond donors (Lipinski definition) is 0. The van der Waals surface area contributed by atoms with E-state index in [1.54, 1.807) is 0 Å². The van der Waals surface area contributed by atoms with Gasteiger partial charge in [0.15, 0.2) is 0 Å². The molecule has 0 N–H and O–H groups in total. The van der Waals surface area contributed by atoms with E-state index < -0.39 is 0 Å². The topological polar surface area (TPSA) is 18.8 Å². The van der Waals surface area contributed by atoms with Gasteiger partial charge in [-0.05, 0) is 12.8 Å². The van der Waals surface area contributed by atoms with Crippen molar-refractivity contribution in [3.8, 4) is 0 Å². The fourth-order valence-electron chi connectivity index (χ4n) is 1.59. The minimum Gasteiger partial charge on any atom is -0.339 e. The molecular formula is C9H19N3. The van der Waals surface area contributed by atoms with Crippen molar-refractivity contribution in [1.29, 1.82) is 0 Å². The van der Waals surface area contributed by atoms with Crippen molar-refractivity contribution < 1.29 is 0 Å². The van der Waals surface area contributed by atoms with Gasteiger partial charge < -0.3 is 4.90 Å². The lowest BCUT2D eigenvalue weighted by molar-refractivity contribution is 0.150. The summed E-state index contributed by atoms with van der Waals surface area (Å²) in [6.07, 6.45) is 6.09. The number of hydrogen-bond acceptors (Lipinski definition) is 3. The second kappa shape index (κ2) is 4.33. The molecule has 1 atom stereocenters. The minimum absolute atomic E-state index is 0.509. The average Bonchev–Trinajstić information content (AvgIpc) is 2.37. The van der Waals surface area contributed by atoms with E-state index in [9.17, 15) is 0 Å². The molecule has 0 saturated heterocycles. The SMILES string of the molecule is CCCC1N(CCC)C=NN1C. The first-order valence-corrected chi connectivity index (χ1v) is 4.82. The first-order valence-electron chi connectivity index (χ1n) is 4.82. The Balaban J connectivity index is 2.44. The molecule has 0 amide bonds. The van der Waals surface area contributed by atoms with E-state index >= 15 is 0 Å². The zero-order valence-electron chi connectivity index (χ0n) is 8.32. The number of rotatable bonds is 4. The standard InChI is InChI=1S/C9H19N3/c1-4-6-9-11(3)10-8-12(9)7-5-2/h8-9H,4-7H2,1-3H3. The van der Waals surface area contributed by atoms with E-state index in [0.29, 0.717) is 6.17 Å². The van der Waals surface area contributed by atoms with E-state index in [-0.39, 0.29) is 0 Å². The maximum absolute atomic E-state index is 4.27.